The highest BCUT2D eigenvalue weighted by atomic mass is 19.1. The lowest BCUT2D eigenvalue weighted by Crippen LogP contribution is -2.36. The monoisotopic (exact) mass is 348 g/mol. The van der Waals surface area contributed by atoms with Crippen molar-refractivity contribution in [2.45, 2.75) is 19.9 Å². The molecule has 0 saturated heterocycles. The molecule has 0 aromatic heterocycles. The maximum atomic E-state index is 14.1. The molecule has 2 aromatic carbocycles. The molecule has 2 amide bonds. The van der Waals surface area contributed by atoms with Crippen LogP contribution in [0.3, 0.4) is 0 Å². The maximum absolute atomic E-state index is 14.1. The zero-order chi connectivity index (χ0) is 18.2. The zero-order valence-electron chi connectivity index (χ0n) is 13.6. The Morgan fingerprint density at radius 2 is 1.68 bits per heavy atom. The minimum atomic E-state index is -0.672. The second-order valence-electron chi connectivity index (χ2n) is 5.20. The Balaban J connectivity index is 1.92. The van der Waals surface area contributed by atoms with Gasteiger partial charge >= 0.3 is 0 Å². The Hall–Kier alpha value is -2.96. The van der Waals surface area contributed by atoms with Gasteiger partial charge in [-0.3, -0.25) is 9.59 Å². The number of carbonyl (C=O) groups is 2. The summed E-state index contributed by atoms with van der Waals surface area (Å²) in [7, 11) is 0. The molecule has 0 heterocycles. The van der Waals surface area contributed by atoms with Gasteiger partial charge in [0.1, 0.15) is 0 Å². The molecule has 0 bridgehead atoms. The van der Waals surface area contributed by atoms with Crippen molar-refractivity contribution in [2.24, 2.45) is 0 Å². The SMILES string of the molecule is CCC(=O)NCC(=O)NCc1ccc(Oc2ccccc2F)c(F)c1. The Morgan fingerprint density at radius 1 is 0.960 bits per heavy atom. The fraction of sp³-hybridized carbons (Fsp3) is 0.222. The molecular formula is C18H18F2N2O3. The molecule has 0 fully saturated rings. The molecule has 0 aliphatic rings. The summed E-state index contributed by atoms with van der Waals surface area (Å²) in [6.07, 6.45) is 0.294. The van der Waals surface area contributed by atoms with E-state index in [4.69, 9.17) is 4.74 Å². The summed E-state index contributed by atoms with van der Waals surface area (Å²) in [5.41, 5.74) is 0.508. The van der Waals surface area contributed by atoms with Crippen LogP contribution in [-0.2, 0) is 16.1 Å². The van der Waals surface area contributed by atoms with Gasteiger partial charge in [-0.15, -0.1) is 0 Å². The van der Waals surface area contributed by atoms with E-state index in [-0.39, 0.29) is 36.4 Å². The Kier molecular flexibility index (Phi) is 6.45. The number of para-hydroxylation sites is 1. The molecule has 2 aromatic rings. The first kappa shape index (κ1) is 18.4. The minimum Gasteiger partial charge on any atom is -0.451 e. The molecule has 25 heavy (non-hydrogen) atoms. The predicted molar refractivity (Wildman–Crippen MR) is 88.0 cm³/mol. The number of benzene rings is 2. The largest absolute Gasteiger partial charge is 0.451 e. The van der Waals surface area contributed by atoms with Crippen LogP contribution in [0.2, 0.25) is 0 Å². The molecule has 7 heteroatoms. The van der Waals surface area contributed by atoms with Gasteiger partial charge in [0.2, 0.25) is 11.8 Å². The van der Waals surface area contributed by atoms with E-state index in [1.54, 1.807) is 19.1 Å². The standard InChI is InChI=1S/C18H18F2N2O3/c1-2-17(23)22-11-18(24)21-10-12-7-8-16(14(20)9-12)25-15-6-4-3-5-13(15)19/h3-9H,2,10-11H2,1H3,(H,21,24)(H,22,23). The molecule has 0 aliphatic heterocycles. The van der Waals surface area contributed by atoms with E-state index in [0.29, 0.717) is 12.0 Å². The van der Waals surface area contributed by atoms with Crippen LogP contribution in [0.4, 0.5) is 8.78 Å². The van der Waals surface area contributed by atoms with Gasteiger partial charge in [0.05, 0.1) is 6.54 Å². The number of hydrogen-bond acceptors (Lipinski definition) is 3. The highest BCUT2D eigenvalue weighted by Gasteiger charge is 2.10. The summed E-state index contributed by atoms with van der Waals surface area (Å²) in [6, 6.07) is 9.82. The third-order valence-electron chi connectivity index (χ3n) is 3.31. The van der Waals surface area contributed by atoms with Crippen molar-refractivity contribution < 1.29 is 23.1 Å². The van der Waals surface area contributed by atoms with Crippen LogP contribution >= 0.6 is 0 Å². The molecule has 2 N–H and O–H groups in total. The average molecular weight is 348 g/mol. The number of rotatable bonds is 7. The van der Waals surface area contributed by atoms with Gasteiger partial charge in [0, 0.05) is 13.0 Å². The summed E-state index contributed by atoms with van der Waals surface area (Å²) in [5.74, 6) is -2.06. The van der Waals surface area contributed by atoms with E-state index >= 15 is 0 Å². The predicted octanol–water partition coefficient (Wildman–Crippen LogP) is 2.90. The Bertz CT molecular complexity index is 766. The number of carbonyl (C=O) groups excluding carboxylic acids is 2. The summed E-state index contributed by atoms with van der Waals surface area (Å²) < 4.78 is 32.8. The van der Waals surface area contributed by atoms with Crippen molar-refractivity contribution in [2.75, 3.05) is 6.54 Å². The lowest BCUT2D eigenvalue weighted by molar-refractivity contribution is -0.126. The topological polar surface area (TPSA) is 67.4 Å². The van der Waals surface area contributed by atoms with Crippen molar-refractivity contribution >= 4 is 11.8 Å². The van der Waals surface area contributed by atoms with E-state index in [1.165, 1.54) is 30.3 Å². The molecular weight excluding hydrogens is 330 g/mol. The summed E-state index contributed by atoms with van der Waals surface area (Å²) in [5, 5.41) is 5.00. The van der Waals surface area contributed by atoms with Crippen LogP contribution in [-0.4, -0.2) is 18.4 Å². The highest BCUT2D eigenvalue weighted by molar-refractivity contribution is 5.84. The van der Waals surface area contributed by atoms with Crippen molar-refractivity contribution in [3.8, 4) is 11.5 Å². The van der Waals surface area contributed by atoms with Crippen molar-refractivity contribution in [1.82, 2.24) is 10.6 Å². The van der Waals surface area contributed by atoms with Crippen LogP contribution in [0.5, 0.6) is 11.5 Å². The fourth-order valence-corrected chi connectivity index (χ4v) is 1.95. The summed E-state index contributed by atoms with van der Waals surface area (Å²) in [4.78, 5) is 22.6. The van der Waals surface area contributed by atoms with Crippen LogP contribution in [0, 0.1) is 11.6 Å². The third kappa shape index (κ3) is 5.56. The zero-order valence-corrected chi connectivity index (χ0v) is 13.6. The van der Waals surface area contributed by atoms with Gasteiger partial charge in [-0.05, 0) is 29.8 Å². The molecule has 0 saturated carbocycles. The first-order valence-corrected chi connectivity index (χ1v) is 7.73. The number of halogens is 2. The molecule has 0 atom stereocenters. The van der Waals surface area contributed by atoms with Gasteiger partial charge in [-0.2, -0.15) is 0 Å². The number of amides is 2. The molecule has 0 aliphatic carbocycles. The van der Waals surface area contributed by atoms with Crippen LogP contribution < -0.4 is 15.4 Å². The molecule has 0 radical (unpaired) electrons. The first-order chi connectivity index (χ1) is 12.0. The molecule has 132 valence electrons. The van der Waals surface area contributed by atoms with E-state index in [1.807, 2.05) is 0 Å². The van der Waals surface area contributed by atoms with Gasteiger partial charge in [0.15, 0.2) is 23.1 Å². The van der Waals surface area contributed by atoms with Crippen molar-refractivity contribution in [1.29, 1.82) is 0 Å². The van der Waals surface area contributed by atoms with Crippen LogP contribution in [0.1, 0.15) is 18.9 Å². The lowest BCUT2D eigenvalue weighted by Gasteiger charge is -2.10. The van der Waals surface area contributed by atoms with Gasteiger partial charge in [-0.1, -0.05) is 25.1 Å². The normalized spacial score (nSPS) is 10.2. The number of ether oxygens (including phenoxy) is 1. The van der Waals surface area contributed by atoms with Gasteiger partial charge < -0.3 is 15.4 Å². The number of hydrogen-bond donors (Lipinski definition) is 2. The first-order valence-electron chi connectivity index (χ1n) is 7.73. The summed E-state index contributed by atoms with van der Waals surface area (Å²) in [6.45, 7) is 1.64. The molecule has 0 unspecified atom stereocenters. The molecule has 0 spiro atoms. The lowest BCUT2D eigenvalue weighted by atomic mass is 10.2. The highest BCUT2D eigenvalue weighted by Crippen LogP contribution is 2.27. The maximum Gasteiger partial charge on any atom is 0.239 e. The van der Waals surface area contributed by atoms with Crippen LogP contribution in [0.25, 0.3) is 0 Å². The molecule has 5 nitrogen and oxygen atoms in total. The smallest absolute Gasteiger partial charge is 0.239 e. The van der Waals surface area contributed by atoms with Crippen molar-refractivity contribution in [3.05, 3.63) is 59.7 Å². The average Bonchev–Trinajstić information content (AvgIpc) is 2.61. The van der Waals surface area contributed by atoms with E-state index < -0.39 is 11.6 Å². The van der Waals surface area contributed by atoms with E-state index in [9.17, 15) is 18.4 Å². The second kappa shape index (κ2) is 8.77. The third-order valence-corrected chi connectivity index (χ3v) is 3.31. The quantitative estimate of drug-likeness (QED) is 0.808. The minimum absolute atomic E-state index is 0.0749. The second-order valence-corrected chi connectivity index (χ2v) is 5.20. The van der Waals surface area contributed by atoms with E-state index in [0.717, 1.165) is 0 Å². The van der Waals surface area contributed by atoms with Crippen LogP contribution in [0.15, 0.2) is 42.5 Å². The fourth-order valence-electron chi connectivity index (χ4n) is 1.95. The van der Waals surface area contributed by atoms with Gasteiger partial charge in [-0.25, -0.2) is 8.78 Å². The summed E-state index contributed by atoms with van der Waals surface area (Å²) >= 11 is 0. The Labute approximate surface area is 144 Å². The van der Waals surface area contributed by atoms with Gasteiger partial charge in [0.25, 0.3) is 0 Å². The Morgan fingerprint density at radius 3 is 2.36 bits per heavy atom. The molecule has 2 rings (SSSR count). The van der Waals surface area contributed by atoms with Crippen molar-refractivity contribution in [3.63, 3.8) is 0 Å². The van der Waals surface area contributed by atoms with E-state index in [2.05, 4.69) is 10.6 Å². The number of nitrogens with one attached hydrogen (secondary N) is 2.